The highest BCUT2D eigenvalue weighted by Gasteiger charge is 2.34. The highest BCUT2D eigenvalue weighted by atomic mass is 32.1. The summed E-state index contributed by atoms with van der Waals surface area (Å²) in [5, 5.41) is 4.26. The van der Waals surface area contributed by atoms with Crippen LogP contribution >= 0.6 is 11.3 Å². The number of anilines is 1. The maximum Gasteiger partial charge on any atom is 0.418 e. The van der Waals surface area contributed by atoms with Crippen LogP contribution < -0.4 is 5.32 Å². The highest BCUT2D eigenvalue weighted by Crippen LogP contribution is 2.34. The Labute approximate surface area is 200 Å². The number of nitrogens with one attached hydrogen (secondary N) is 1. The predicted octanol–water partition coefficient (Wildman–Crippen LogP) is 6.24. The quantitative estimate of drug-likeness (QED) is 0.407. The van der Waals surface area contributed by atoms with Gasteiger partial charge in [0.15, 0.2) is 0 Å². The molecule has 0 aliphatic heterocycles. The van der Waals surface area contributed by atoms with Crippen LogP contribution in [0.1, 0.15) is 29.9 Å². The van der Waals surface area contributed by atoms with Crippen molar-refractivity contribution in [3.63, 3.8) is 0 Å². The van der Waals surface area contributed by atoms with Crippen molar-refractivity contribution in [2.24, 2.45) is 0 Å². The molecular weight excluding hydrogens is 463 g/mol. The first-order chi connectivity index (χ1) is 16.1. The molecule has 0 radical (unpaired) electrons. The number of amides is 3. The summed E-state index contributed by atoms with van der Waals surface area (Å²) < 4.78 is 40.0. The van der Waals surface area contributed by atoms with E-state index in [-0.39, 0.29) is 18.1 Å². The van der Waals surface area contributed by atoms with Crippen LogP contribution in [0, 0.1) is 0 Å². The third-order valence-corrected chi connectivity index (χ3v) is 6.02. The number of rotatable bonds is 8. The molecule has 9 heteroatoms. The third-order valence-electron chi connectivity index (χ3n) is 5.16. The minimum absolute atomic E-state index is 0.268. The fourth-order valence-electron chi connectivity index (χ4n) is 3.39. The number of carbonyl (C=O) groups excluding carboxylic acids is 2. The summed E-state index contributed by atoms with van der Waals surface area (Å²) in [7, 11) is 0. The molecule has 0 bridgehead atoms. The van der Waals surface area contributed by atoms with Crippen molar-refractivity contribution in [1.29, 1.82) is 0 Å². The van der Waals surface area contributed by atoms with Gasteiger partial charge in [-0.25, -0.2) is 4.79 Å². The summed E-state index contributed by atoms with van der Waals surface area (Å²) in [5.74, 6) is -0.301. The molecule has 0 saturated heterocycles. The van der Waals surface area contributed by atoms with Gasteiger partial charge in [-0.15, -0.1) is 11.3 Å². The van der Waals surface area contributed by atoms with E-state index in [4.69, 9.17) is 0 Å². The van der Waals surface area contributed by atoms with Crippen molar-refractivity contribution < 1.29 is 22.8 Å². The fraction of sp³-hybridized carbons (Fsp3) is 0.280. The number of halogens is 3. The van der Waals surface area contributed by atoms with Gasteiger partial charge in [-0.2, -0.15) is 13.2 Å². The second-order valence-corrected chi connectivity index (χ2v) is 9.04. The average molecular weight is 490 g/mol. The normalized spacial score (nSPS) is 11.4. The molecule has 5 nitrogen and oxygen atoms in total. The lowest BCUT2D eigenvalue weighted by molar-refractivity contribution is -0.137. The van der Waals surface area contributed by atoms with Crippen LogP contribution in [0.15, 0.2) is 72.1 Å². The minimum atomic E-state index is -4.62. The van der Waals surface area contributed by atoms with Crippen LogP contribution in [-0.4, -0.2) is 34.3 Å². The number of alkyl halides is 3. The van der Waals surface area contributed by atoms with Gasteiger partial charge in [0.2, 0.25) is 5.91 Å². The van der Waals surface area contributed by atoms with Crippen LogP contribution in [0.3, 0.4) is 0 Å². The predicted molar refractivity (Wildman–Crippen MR) is 127 cm³/mol. The number of urea groups is 1. The molecule has 3 aromatic rings. The molecule has 0 atom stereocenters. The molecule has 0 spiro atoms. The zero-order valence-corrected chi connectivity index (χ0v) is 19.7. The number of nitrogens with zero attached hydrogens (tertiary/aromatic N) is 2. The van der Waals surface area contributed by atoms with Gasteiger partial charge in [0.25, 0.3) is 0 Å². The Morgan fingerprint density at radius 2 is 1.62 bits per heavy atom. The monoisotopic (exact) mass is 489 g/mol. The summed E-state index contributed by atoms with van der Waals surface area (Å²) in [5.41, 5.74) is -0.355. The van der Waals surface area contributed by atoms with Gasteiger partial charge in [-0.1, -0.05) is 48.5 Å². The first-order valence-electron chi connectivity index (χ1n) is 10.7. The molecular formula is C25H26F3N3O2S. The lowest BCUT2D eigenvalue weighted by atomic mass is 10.1. The Hall–Kier alpha value is -3.33. The molecule has 0 fully saturated rings. The Morgan fingerprint density at radius 1 is 0.941 bits per heavy atom. The number of benzene rings is 2. The smallest absolute Gasteiger partial charge is 0.332 e. The molecule has 1 N–H and O–H groups in total. The third kappa shape index (κ3) is 6.84. The Balaban J connectivity index is 1.78. The molecule has 0 saturated carbocycles. The number of hydrogen-bond donors (Lipinski definition) is 1. The van der Waals surface area contributed by atoms with E-state index in [0.29, 0.717) is 13.1 Å². The lowest BCUT2D eigenvalue weighted by Crippen LogP contribution is -2.47. The van der Waals surface area contributed by atoms with E-state index in [2.05, 4.69) is 5.32 Å². The van der Waals surface area contributed by atoms with E-state index >= 15 is 0 Å². The van der Waals surface area contributed by atoms with E-state index in [1.165, 1.54) is 34.4 Å². The van der Waals surface area contributed by atoms with Crippen LogP contribution in [-0.2, 0) is 24.1 Å². The number of thiophene rings is 1. The summed E-state index contributed by atoms with van der Waals surface area (Å²) in [6, 6.07) is 16.9. The Kier molecular flexibility index (Phi) is 8.33. The van der Waals surface area contributed by atoms with E-state index in [9.17, 15) is 22.8 Å². The molecule has 1 aromatic heterocycles. The largest absolute Gasteiger partial charge is 0.418 e. The molecule has 3 amide bonds. The molecule has 0 aliphatic rings. The van der Waals surface area contributed by atoms with Crippen molar-refractivity contribution in [3.05, 3.63) is 88.1 Å². The van der Waals surface area contributed by atoms with Gasteiger partial charge in [-0.3, -0.25) is 4.79 Å². The molecule has 180 valence electrons. The maximum absolute atomic E-state index is 13.3. The van der Waals surface area contributed by atoms with Gasteiger partial charge < -0.3 is 15.1 Å². The standard InChI is InChI=1S/C25H26F3N3O2S/c1-18(2)31(24(33)29-22-13-7-6-12-21(22)25(26,27)28)17-23(32)30(16-20-11-8-14-34-20)15-19-9-4-3-5-10-19/h3-14,18H,15-17H2,1-2H3,(H,29,33). The maximum atomic E-state index is 13.3. The summed E-state index contributed by atoms with van der Waals surface area (Å²) >= 11 is 1.52. The molecule has 0 aliphatic carbocycles. The zero-order chi connectivity index (χ0) is 24.7. The first kappa shape index (κ1) is 25.3. The van der Waals surface area contributed by atoms with Crippen molar-refractivity contribution in [2.75, 3.05) is 11.9 Å². The van der Waals surface area contributed by atoms with Gasteiger partial charge in [0.05, 0.1) is 17.8 Å². The van der Waals surface area contributed by atoms with Crippen molar-refractivity contribution in [2.45, 2.75) is 39.2 Å². The zero-order valence-electron chi connectivity index (χ0n) is 18.9. The van der Waals surface area contributed by atoms with Crippen LogP contribution in [0.25, 0.3) is 0 Å². The van der Waals surface area contributed by atoms with Crippen LogP contribution in [0.5, 0.6) is 0 Å². The van der Waals surface area contributed by atoms with Crippen molar-refractivity contribution in [3.8, 4) is 0 Å². The first-order valence-corrected chi connectivity index (χ1v) is 11.6. The van der Waals surface area contributed by atoms with Crippen LogP contribution in [0.4, 0.5) is 23.7 Å². The van der Waals surface area contributed by atoms with E-state index in [1.54, 1.807) is 18.7 Å². The Morgan fingerprint density at radius 3 is 2.24 bits per heavy atom. The minimum Gasteiger partial charge on any atom is -0.332 e. The van der Waals surface area contributed by atoms with E-state index < -0.39 is 23.8 Å². The number of para-hydroxylation sites is 1. The summed E-state index contributed by atoms with van der Waals surface area (Å²) in [6.07, 6.45) is -4.62. The van der Waals surface area contributed by atoms with Crippen molar-refractivity contribution >= 4 is 29.0 Å². The van der Waals surface area contributed by atoms with Crippen molar-refractivity contribution in [1.82, 2.24) is 9.80 Å². The summed E-state index contributed by atoms with van der Waals surface area (Å²) in [6.45, 7) is 3.88. The molecule has 3 rings (SSSR count). The molecule has 0 unspecified atom stereocenters. The second-order valence-electron chi connectivity index (χ2n) is 8.01. The number of carbonyl (C=O) groups is 2. The highest BCUT2D eigenvalue weighted by molar-refractivity contribution is 7.09. The lowest BCUT2D eigenvalue weighted by Gasteiger charge is -2.30. The molecule has 1 heterocycles. The average Bonchev–Trinajstić information content (AvgIpc) is 3.30. The van der Waals surface area contributed by atoms with Crippen LogP contribution in [0.2, 0.25) is 0 Å². The fourth-order valence-corrected chi connectivity index (χ4v) is 4.11. The number of hydrogen-bond acceptors (Lipinski definition) is 3. The van der Waals surface area contributed by atoms with Gasteiger partial charge >= 0.3 is 12.2 Å². The SMILES string of the molecule is CC(C)N(CC(=O)N(Cc1ccccc1)Cc1cccs1)C(=O)Nc1ccccc1C(F)(F)F. The molecule has 2 aromatic carbocycles. The second kappa shape index (κ2) is 11.2. The van der Waals surface area contributed by atoms with E-state index in [0.717, 1.165) is 16.5 Å². The van der Waals surface area contributed by atoms with Gasteiger partial charge in [0.1, 0.15) is 6.54 Å². The Bertz CT molecular complexity index is 1090. The van der Waals surface area contributed by atoms with Gasteiger partial charge in [-0.05, 0) is 43.0 Å². The van der Waals surface area contributed by atoms with Gasteiger partial charge in [0, 0.05) is 17.5 Å². The topological polar surface area (TPSA) is 52.7 Å². The molecule has 34 heavy (non-hydrogen) atoms. The van der Waals surface area contributed by atoms with E-state index in [1.807, 2.05) is 47.8 Å². The summed E-state index contributed by atoms with van der Waals surface area (Å²) in [4.78, 5) is 30.1.